The average Bonchev–Trinajstić information content (AvgIpc) is 3.01. The number of hydrogen-bond acceptors (Lipinski definition) is 6. The van der Waals surface area contributed by atoms with Crippen molar-refractivity contribution in [2.24, 2.45) is 0 Å². The number of nitrogens with zero attached hydrogens (tertiary/aromatic N) is 4. The summed E-state index contributed by atoms with van der Waals surface area (Å²) in [6.45, 7) is 11.5. The summed E-state index contributed by atoms with van der Waals surface area (Å²) in [5.74, 6) is -0.294. The first-order valence-corrected chi connectivity index (χ1v) is 14.2. The predicted octanol–water partition coefficient (Wildman–Crippen LogP) is 3.64. The number of hydrogen-bond donors (Lipinski definition) is 2. The zero-order valence-electron chi connectivity index (χ0n) is 24.0. The van der Waals surface area contributed by atoms with Crippen LogP contribution in [0.5, 0.6) is 0 Å². The smallest absolute Gasteiger partial charge is 0.255 e. The highest BCUT2D eigenvalue weighted by molar-refractivity contribution is 6.07. The van der Waals surface area contributed by atoms with E-state index in [2.05, 4.69) is 41.3 Å². The average molecular weight is 555 g/mol. The first-order chi connectivity index (χ1) is 19.7. The summed E-state index contributed by atoms with van der Waals surface area (Å²) >= 11 is 0. The second kappa shape index (κ2) is 12.1. The van der Waals surface area contributed by atoms with Crippen LogP contribution in [0.1, 0.15) is 57.4 Å². The van der Waals surface area contributed by atoms with E-state index < -0.39 is 0 Å². The van der Waals surface area contributed by atoms with Gasteiger partial charge in [-0.3, -0.25) is 19.4 Å². The van der Waals surface area contributed by atoms with E-state index in [0.29, 0.717) is 61.6 Å². The largest absolute Gasteiger partial charge is 0.366 e. The fraction of sp³-hybridized carbons (Fsp3) is 0.375. The van der Waals surface area contributed by atoms with Crippen molar-refractivity contribution in [3.8, 4) is 0 Å². The van der Waals surface area contributed by atoms with Crippen molar-refractivity contribution in [3.05, 3.63) is 89.2 Å². The quantitative estimate of drug-likeness (QED) is 0.500. The van der Waals surface area contributed by atoms with Crippen molar-refractivity contribution in [3.63, 3.8) is 0 Å². The minimum Gasteiger partial charge on any atom is -0.366 e. The zero-order chi connectivity index (χ0) is 29.0. The molecule has 2 fully saturated rings. The molecule has 1 aromatic heterocycles. The Morgan fingerprint density at radius 3 is 1.95 bits per heavy atom. The van der Waals surface area contributed by atoms with Crippen molar-refractivity contribution in [1.82, 2.24) is 20.1 Å². The van der Waals surface area contributed by atoms with Gasteiger partial charge in [-0.2, -0.15) is 0 Å². The fourth-order valence-electron chi connectivity index (χ4n) is 5.24. The van der Waals surface area contributed by atoms with Crippen LogP contribution in [0.15, 0.2) is 67.0 Å². The number of pyridine rings is 1. The van der Waals surface area contributed by atoms with Crippen LogP contribution in [-0.4, -0.2) is 84.9 Å². The Labute approximate surface area is 241 Å². The second-order valence-corrected chi connectivity index (χ2v) is 11.6. The van der Waals surface area contributed by atoms with Gasteiger partial charge in [0.15, 0.2) is 0 Å². The van der Waals surface area contributed by atoms with E-state index in [1.807, 2.05) is 46.2 Å². The van der Waals surface area contributed by atoms with Crippen LogP contribution in [0.3, 0.4) is 0 Å². The summed E-state index contributed by atoms with van der Waals surface area (Å²) in [6, 6.07) is 16.6. The van der Waals surface area contributed by atoms with Crippen molar-refractivity contribution < 1.29 is 14.4 Å². The zero-order valence-corrected chi connectivity index (χ0v) is 24.0. The Bertz CT molecular complexity index is 1390. The molecule has 0 radical (unpaired) electrons. The molecule has 41 heavy (non-hydrogen) atoms. The number of piperazine rings is 2. The molecule has 9 heteroatoms. The third-order valence-electron chi connectivity index (χ3n) is 7.74. The summed E-state index contributed by atoms with van der Waals surface area (Å²) in [5, 5.41) is 6.36. The maximum Gasteiger partial charge on any atom is 0.255 e. The number of aromatic nitrogens is 1. The van der Waals surface area contributed by atoms with E-state index in [1.165, 1.54) is 0 Å². The highest BCUT2D eigenvalue weighted by Gasteiger charge is 2.26. The number of carbonyl (C=O) groups excluding carboxylic acids is 3. The minimum atomic E-state index is -0.231. The normalized spacial score (nSPS) is 15.9. The number of carbonyl (C=O) groups is 3. The lowest BCUT2D eigenvalue weighted by Gasteiger charge is -2.37. The van der Waals surface area contributed by atoms with Crippen LogP contribution in [0, 0.1) is 0 Å². The molecular weight excluding hydrogens is 516 g/mol. The van der Waals surface area contributed by atoms with Crippen molar-refractivity contribution in [1.29, 1.82) is 0 Å². The van der Waals surface area contributed by atoms with Crippen LogP contribution >= 0.6 is 0 Å². The molecule has 9 nitrogen and oxygen atoms in total. The van der Waals surface area contributed by atoms with Gasteiger partial charge in [0.2, 0.25) is 0 Å². The van der Waals surface area contributed by atoms with E-state index in [4.69, 9.17) is 0 Å². The number of anilines is 2. The van der Waals surface area contributed by atoms with Crippen LogP contribution in [0.2, 0.25) is 0 Å². The molecule has 0 aliphatic carbocycles. The lowest BCUT2D eigenvalue weighted by molar-refractivity contribution is 0.0731. The summed E-state index contributed by atoms with van der Waals surface area (Å²) in [6.07, 6.45) is 3.25. The molecular formula is C32H38N6O3. The molecule has 2 aliphatic rings. The summed E-state index contributed by atoms with van der Waals surface area (Å²) in [5.41, 5.74) is 4.27. The molecule has 0 spiro atoms. The first-order valence-electron chi connectivity index (χ1n) is 14.2. The number of nitrogens with one attached hydrogen (secondary N) is 2. The predicted molar refractivity (Wildman–Crippen MR) is 161 cm³/mol. The Balaban J connectivity index is 1.37. The molecule has 2 N–H and O–H groups in total. The molecule has 0 bridgehead atoms. The first kappa shape index (κ1) is 28.3. The number of amides is 3. The molecule has 0 unspecified atom stereocenters. The van der Waals surface area contributed by atoms with Gasteiger partial charge in [-0.05, 0) is 53.4 Å². The lowest BCUT2D eigenvalue weighted by atomic mass is 9.86. The van der Waals surface area contributed by atoms with Crippen molar-refractivity contribution in [2.75, 3.05) is 62.6 Å². The molecule has 2 aliphatic heterocycles. The highest BCUT2D eigenvalue weighted by atomic mass is 16.2. The van der Waals surface area contributed by atoms with Gasteiger partial charge in [-0.25, -0.2) is 0 Å². The maximum absolute atomic E-state index is 13.4. The van der Waals surface area contributed by atoms with E-state index in [1.54, 1.807) is 30.6 Å². The third-order valence-corrected chi connectivity index (χ3v) is 7.74. The monoisotopic (exact) mass is 554 g/mol. The summed E-state index contributed by atoms with van der Waals surface area (Å²) < 4.78 is 0. The molecule has 3 aromatic rings. The van der Waals surface area contributed by atoms with Crippen LogP contribution in [-0.2, 0) is 5.41 Å². The third kappa shape index (κ3) is 6.57. The van der Waals surface area contributed by atoms with E-state index in [-0.39, 0.29) is 23.1 Å². The van der Waals surface area contributed by atoms with Gasteiger partial charge in [0, 0.05) is 81.4 Å². The van der Waals surface area contributed by atoms with Gasteiger partial charge in [-0.15, -0.1) is 0 Å². The van der Waals surface area contributed by atoms with Gasteiger partial charge < -0.3 is 25.3 Å². The summed E-state index contributed by atoms with van der Waals surface area (Å²) in [4.78, 5) is 49.5. The number of rotatable bonds is 5. The summed E-state index contributed by atoms with van der Waals surface area (Å²) in [7, 11) is 0. The SMILES string of the molecule is CC(C)(C)c1ccc(C(=O)Nc2cc(C(=O)N3CCNCC3)ccc2N2CCN(C(=O)c3ccncc3)CC2)cc1. The van der Waals surface area contributed by atoms with Crippen molar-refractivity contribution >= 4 is 29.1 Å². The van der Waals surface area contributed by atoms with E-state index >= 15 is 0 Å². The minimum absolute atomic E-state index is 0.0121. The topological polar surface area (TPSA) is 97.9 Å². The molecule has 3 amide bonds. The molecule has 5 rings (SSSR count). The van der Waals surface area contributed by atoms with E-state index in [0.717, 1.165) is 24.3 Å². The molecule has 0 saturated carbocycles. The van der Waals surface area contributed by atoms with Gasteiger partial charge in [0.25, 0.3) is 17.7 Å². The molecule has 3 heterocycles. The highest BCUT2D eigenvalue weighted by Crippen LogP contribution is 2.30. The van der Waals surface area contributed by atoms with Crippen LogP contribution in [0.4, 0.5) is 11.4 Å². The molecule has 214 valence electrons. The molecule has 2 saturated heterocycles. The molecule has 0 atom stereocenters. The Morgan fingerprint density at radius 2 is 1.32 bits per heavy atom. The van der Waals surface area contributed by atoms with Gasteiger partial charge in [0.05, 0.1) is 11.4 Å². The second-order valence-electron chi connectivity index (χ2n) is 11.6. The van der Waals surface area contributed by atoms with Gasteiger partial charge in [-0.1, -0.05) is 32.9 Å². The maximum atomic E-state index is 13.4. The Hall–Kier alpha value is -4.24. The van der Waals surface area contributed by atoms with Crippen LogP contribution in [0.25, 0.3) is 0 Å². The van der Waals surface area contributed by atoms with Gasteiger partial charge in [0.1, 0.15) is 0 Å². The standard InChI is InChI=1S/C32H38N6O3/c1-32(2,3)26-7-4-23(5-8-26)29(39)35-27-22-25(31(41)37-16-14-34-15-17-37)6-9-28(27)36-18-20-38(21-19-36)30(40)24-10-12-33-13-11-24/h4-13,22,34H,14-21H2,1-3H3,(H,35,39). The van der Waals surface area contributed by atoms with Gasteiger partial charge >= 0.3 is 0 Å². The number of benzene rings is 2. The Morgan fingerprint density at radius 1 is 0.732 bits per heavy atom. The Kier molecular flexibility index (Phi) is 8.35. The van der Waals surface area contributed by atoms with Crippen molar-refractivity contribution in [2.45, 2.75) is 26.2 Å². The molecule has 2 aromatic carbocycles. The fourth-order valence-corrected chi connectivity index (χ4v) is 5.24. The van der Waals surface area contributed by atoms with Crippen LogP contribution < -0.4 is 15.5 Å². The van der Waals surface area contributed by atoms with E-state index in [9.17, 15) is 14.4 Å². The lowest BCUT2D eigenvalue weighted by Crippen LogP contribution is -2.49.